The number of carbonyl (C=O) groups is 1. The Balaban J connectivity index is 1.90. The summed E-state index contributed by atoms with van der Waals surface area (Å²) in [6.45, 7) is 0. The van der Waals surface area contributed by atoms with Crippen molar-refractivity contribution >= 4 is 12.1 Å². The normalized spacial score (nSPS) is 10.6. The number of rotatable bonds is 3. The van der Waals surface area contributed by atoms with Gasteiger partial charge >= 0.3 is 0 Å². The Morgan fingerprint density at radius 3 is 2.77 bits per heavy atom. The van der Waals surface area contributed by atoms with E-state index in [0.717, 1.165) is 5.56 Å². The molecule has 0 saturated heterocycles. The van der Waals surface area contributed by atoms with Crippen molar-refractivity contribution in [2.75, 3.05) is 0 Å². The topological polar surface area (TPSA) is 71.0 Å². The standard InChI is InChI=1S/C20H11FN4O/c21-18-6-5-13(9-17(18)16-4-2-1-3-14(16)10-22)19-11-23-20-24-15(12-26)7-8-25(19)20/h1-9,11-12H. The fourth-order valence-electron chi connectivity index (χ4n) is 2.87. The minimum absolute atomic E-state index is 0.289. The lowest BCUT2D eigenvalue weighted by Crippen LogP contribution is -1.95. The Bertz CT molecular complexity index is 1190. The van der Waals surface area contributed by atoms with Gasteiger partial charge in [0.2, 0.25) is 5.78 Å². The molecular weight excluding hydrogens is 331 g/mol. The number of imidazole rings is 1. The highest BCUT2D eigenvalue weighted by molar-refractivity contribution is 5.77. The minimum Gasteiger partial charge on any atom is -0.296 e. The average Bonchev–Trinajstić information content (AvgIpc) is 3.11. The van der Waals surface area contributed by atoms with E-state index in [0.29, 0.717) is 34.4 Å². The van der Waals surface area contributed by atoms with Crippen LogP contribution in [-0.2, 0) is 0 Å². The molecule has 0 N–H and O–H groups in total. The van der Waals surface area contributed by atoms with Crippen LogP contribution in [0, 0.1) is 17.1 Å². The summed E-state index contributed by atoms with van der Waals surface area (Å²) in [5.41, 5.74) is 3.00. The predicted octanol–water partition coefficient (Wildman–Crippen LogP) is 3.89. The molecule has 0 radical (unpaired) electrons. The van der Waals surface area contributed by atoms with Crippen LogP contribution in [0.1, 0.15) is 16.1 Å². The Morgan fingerprint density at radius 2 is 1.96 bits per heavy atom. The zero-order valence-corrected chi connectivity index (χ0v) is 13.4. The summed E-state index contributed by atoms with van der Waals surface area (Å²) < 4.78 is 16.2. The van der Waals surface area contributed by atoms with E-state index in [1.165, 1.54) is 6.07 Å². The van der Waals surface area contributed by atoms with E-state index >= 15 is 0 Å². The van der Waals surface area contributed by atoms with Crippen LogP contribution in [-0.4, -0.2) is 20.7 Å². The molecule has 2 aromatic carbocycles. The van der Waals surface area contributed by atoms with Crippen LogP contribution in [0.15, 0.2) is 60.9 Å². The highest BCUT2D eigenvalue weighted by Gasteiger charge is 2.13. The summed E-state index contributed by atoms with van der Waals surface area (Å²) in [6, 6.07) is 15.2. The molecule has 4 rings (SSSR count). The monoisotopic (exact) mass is 342 g/mol. The lowest BCUT2D eigenvalue weighted by Gasteiger charge is -2.09. The van der Waals surface area contributed by atoms with Crippen LogP contribution in [0.4, 0.5) is 4.39 Å². The predicted molar refractivity (Wildman–Crippen MR) is 93.9 cm³/mol. The summed E-state index contributed by atoms with van der Waals surface area (Å²) in [7, 11) is 0. The fourth-order valence-corrected chi connectivity index (χ4v) is 2.87. The van der Waals surface area contributed by atoms with Gasteiger partial charge in [0.25, 0.3) is 0 Å². The van der Waals surface area contributed by atoms with Crippen molar-refractivity contribution in [1.29, 1.82) is 5.26 Å². The average molecular weight is 342 g/mol. The van der Waals surface area contributed by atoms with Gasteiger partial charge in [-0.1, -0.05) is 18.2 Å². The Kier molecular flexibility index (Phi) is 3.75. The highest BCUT2D eigenvalue weighted by Crippen LogP contribution is 2.31. The fraction of sp³-hybridized carbons (Fsp3) is 0. The van der Waals surface area contributed by atoms with E-state index in [1.54, 1.807) is 59.3 Å². The van der Waals surface area contributed by atoms with Gasteiger partial charge in [0.15, 0.2) is 6.29 Å². The quantitative estimate of drug-likeness (QED) is 0.530. The summed E-state index contributed by atoms with van der Waals surface area (Å²) in [5.74, 6) is -0.0282. The van der Waals surface area contributed by atoms with Gasteiger partial charge < -0.3 is 0 Å². The molecule has 0 bridgehead atoms. The molecule has 2 heterocycles. The van der Waals surface area contributed by atoms with Gasteiger partial charge in [0.05, 0.1) is 23.5 Å². The highest BCUT2D eigenvalue weighted by atomic mass is 19.1. The number of hydrogen-bond donors (Lipinski definition) is 0. The second-order valence-electron chi connectivity index (χ2n) is 5.64. The molecule has 5 nitrogen and oxygen atoms in total. The second-order valence-corrected chi connectivity index (χ2v) is 5.64. The Hall–Kier alpha value is -3.85. The summed E-state index contributed by atoms with van der Waals surface area (Å²) >= 11 is 0. The largest absolute Gasteiger partial charge is 0.296 e. The first-order valence-electron chi connectivity index (χ1n) is 7.80. The number of halogens is 1. The van der Waals surface area contributed by atoms with Gasteiger partial charge in [0, 0.05) is 22.9 Å². The number of nitrogens with zero attached hydrogens (tertiary/aromatic N) is 4. The molecule has 0 saturated carbocycles. The molecule has 0 aliphatic carbocycles. The van der Waals surface area contributed by atoms with Gasteiger partial charge in [-0.25, -0.2) is 14.4 Å². The summed E-state index contributed by atoms with van der Waals surface area (Å²) in [4.78, 5) is 19.2. The maximum atomic E-state index is 14.4. The van der Waals surface area contributed by atoms with Crippen molar-refractivity contribution in [3.63, 3.8) is 0 Å². The van der Waals surface area contributed by atoms with Crippen molar-refractivity contribution in [2.45, 2.75) is 0 Å². The first kappa shape index (κ1) is 15.7. The first-order chi connectivity index (χ1) is 12.7. The number of hydrogen-bond acceptors (Lipinski definition) is 4. The third-order valence-corrected chi connectivity index (χ3v) is 4.12. The number of aromatic nitrogens is 3. The Labute approximate surface area is 148 Å². The Morgan fingerprint density at radius 1 is 1.12 bits per heavy atom. The molecule has 2 aromatic heterocycles. The SMILES string of the molecule is N#Cc1ccccc1-c1cc(-c2cnc3nc(C=O)ccn23)ccc1F. The van der Waals surface area contributed by atoms with E-state index in [4.69, 9.17) is 0 Å². The van der Waals surface area contributed by atoms with Gasteiger partial charge in [0.1, 0.15) is 11.5 Å². The zero-order valence-electron chi connectivity index (χ0n) is 13.4. The van der Waals surface area contributed by atoms with Gasteiger partial charge in [-0.2, -0.15) is 5.26 Å². The summed E-state index contributed by atoms with van der Waals surface area (Å²) in [6.07, 6.45) is 3.97. The molecule has 0 fully saturated rings. The number of carbonyl (C=O) groups excluding carboxylic acids is 1. The van der Waals surface area contributed by atoms with E-state index < -0.39 is 5.82 Å². The van der Waals surface area contributed by atoms with E-state index in [1.807, 2.05) is 0 Å². The molecule has 0 amide bonds. The third-order valence-electron chi connectivity index (χ3n) is 4.12. The van der Waals surface area contributed by atoms with E-state index in [9.17, 15) is 14.4 Å². The maximum absolute atomic E-state index is 14.4. The van der Waals surface area contributed by atoms with Crippen molar-refractivity contribution in [2.24, 2.45) is 0 Å². The number of benzene rings is 2. The van der Waals surface area contributed by atoms with Crippen LogP contribution in [0.25, 0.3) is 28.2 Å². The first-order valence-corrected chi connectivity index (χ1v) is 7.80. The smallest absolute Gasteiger partial charge is 0.234 e. The van der Waals surface area contributed by atoms with Crippen molar-refractivity contribution < 1.29 is 9.18 Å². The molecule has 0 atom stereocenters. The molecule has 0 aliphatic rings. The molecule has 4 aromatic rings. The molecular formula is C20H11FN4O. The molecule has 124 valence electrons. The number of aldehydes is 1. The molecule has 0 spiro atoms. The lowest BCUT2D eigenvalue weighted by atomic mass is 9.97. The van der Waals surface area contributed by atoms with E-state index in [2.05, 4.69) is 16.0 Å². The molecule has 6 heteroatoms. The van der Waals surface area contributed by atoms with Crippen LogP contribution in [0.2, 0.25) is 0 Å². The van der Waals surface area contributed by atoms with Crippen LogP contribution in [0.3, 0.4) is 0 Å². The van der Waals surface area contributed by atoms with E-state index in [-0.39, 0.29) is 5.69 Å². The molecule has 0 aliphatic heterocycles. The maximum Gasteiger partial charge on any atom is 0.234 e. The lowest BCUT2D eigenvalue weighted by molar-refractivity contribution is 0.111. The van der Waals surface area contributed by atoms with Crippen molar-refractivity contribution in [3.8, 4) is 28.5 Å². The van der Waals surface area contributed by atoms with Gasteiger partial charge in [-0.3, -0.25) is 9.20 Å². The van der Waals surface area contributed by atoms with Crippen molar-refractivity contribution in [3.05, 3.63) is 78.0 Å². The van der Waals surface area contributed by atoms with Crippen LogP contribution < -0.4 is 0 Å². The zero-order chi connectivity index (χ0) is 18.1. The minimum atomic E-state index is -0.411. The molecule has 26 heavy (non-hydrogen) atoms. The number of fused-ring (bicyclic) bond motifs is 1. The summed E-state index contributed by atoms with van der Waals surface area (Å²) in [5, 5.41) is 9.29. The van der Waals surface area contributed by atoms with Gasteiger partial charge in [-0.05, 0) is 30.3 Å². The second kappa shape index (κ2) is 6.22. The van der Waals surface area contributed by atoms with Gasteiger partial charge in [-0.15, -0.1) is 0 Å². The third kappa shape index (κ3) is 2.52. The van der Waals surface area contributed by atoms with Crippen LogP contribution in [0.5, 0.6) is 0 Å². The van der Waals surface area contributed by atoms with Crippen LogP contribution >= 0.6 is 0 Å². The molecule has 0 unspecified atom stereocenters. The number of nitriles is 1. The van der Waals surface area contributed by atoms with Crippen molar-refractivity contribution in [1.82, 2.24) is 14.4 Å².